The van der Waals surface area contributed by atoms with Gasteiger partial charge in [0.1, 0.15) is 11.6 Å². The third kappa shape index (κ3) is 3.29. The lowest BCUT2D eigenvalue weighted by molar-refractivity contribution is -0.138. The number of hydrogen-bond acceptors (Lipinski definition) is 3. The summed E-state index contributed by atoms with van der Waals surface area (Å²) >= 11 is 0. The fraction of sp³-hybridized carbons (Fsp3) is 0.333. The van der Waals surface area contributed by atoms with Gasteiger partial charge in [-0.15, -0.1) is 0 Å². The van der Waals surface area contributed by atoms with Crippen LogP contribution in [0.15, 0.2) is 42.5 Å². The quantitative estimate of drug-likeness (QED) is 0.754. The second-order valence-electron chi connectivity index (χ2n) is 7.50. The molecule has 0 spiro atoms. The fourth-order valence-electron chi connectivity index (χ4n) is 3.25. The summed E-state index contributed by atoms with van der Waals surface area (Å²) in [6.45, 7) is 6.78. The van der Waals surface area contributed by atoms with E-state index in [4.69, 9.17) is 4.74 Å². The lowest BCUT2D eigenvalue weighted by atomic mass is 10.0. The van der Waals surface area contributed by atoms with Crippen LogP contribution in [-0.2, 0) is 16.0 Å². The van der Waals surface area contributed by atoms with E-state index in [9.17, 15) is 14.7 Å². The van der Waals surface area contributed by atoms with Gasteiger partial charge in [0.05, 0.1) is 5.69 Å². The third-order valence-corrected chi connectivity index (χ3v) is 4.42. The molecule has 0 aliphatic heterocycles. The molecule has 3 rings (SSSR count). The highest BCUT2D eigenvalue weighted by molar-refractivity contribution is 5.98. The second-order valence-corrected chi connectivity index (χ2v) is 7.50. The number of fused-ring (bicyclic) bond motifs is 3. The lowest BCUT2D eigenvalue weighted by Crippen LogP contribution is -2.46. The molecular formula is C21H23NO4. The minimum absolute atomic E-state index is 0.586. The van der Waals surface area contributed by atoms with E-state index in [2.05, 4.69) is 6.07 Å². The van der Waals surface area contributed by atoms with Crippen LogP contribution in [0.4, 0.5) is 10.5 Å². The van der Waals surface area contributed by atoms with Gasteiger partial charge in [-0.25, -0.2) is 9.59 Å². The van der Waals surface area contributed by atoms with Crippen LogP contribution in [-0.4, -0.2) is 28.8 Å². The lowest BCUT2D eigenvalue weighted by Gasteiger charge is -2.31. The van der Waals surface area contributed by atoms with E-state index in [0.717, 1.165) is 16.7 Å². The van der Waals surface area contributed by atoms with Crippen molar-refractivity contribution in [1.82, 2.24) is 0 Å². The summed E-state index contributed by atoms with van der Waals surface area (Å²) < 4.78 is 5.49. The number of hydrogen-bond donors (Lipinski definition) is 1. The highest BCUT2D eigenvalue weighted by Crippen LogP contribution is 2.42. The number of anilines is 1. The van der Waals surface area contributed by atoms with Crippen molar-refractivity contribution in [2.75, 3.05) is 4.90 Å². The number of benzene rings is 2. The Hall–Kier alpha value is -2.82. The largest absolute Gasteiger partial charge is 0.480 e. The Kier molecular flexibility index (Phi) is 4.48. The van der Waals surface area contributed by atoms with Crippen molar-refractivity contribution in [3.8, 4) is 11.1 Å². The van der Waals surface area contributed by atoms with Crippen molar-refractivity contribution in [3.63, 3.8) is 0 Å². The molecule has 136 valence electrons. The van der Waals surface area contributed by atoms with Crippen LogP contribution >= 0.6 is 0 Å². The predicted molar refractivity (Wildman–Crippen MR) is 100 cm³/mol. The molecule has 0 heterocycles. The molecule has 5 heteroatoms. The van der Waals surface area contributed by atoms with Crippen molar-refractivity contribution in [1.29, 1.82) is 0 Å². The maximum atomic E-state index is 12.8. The number of carboxylic acid groups (broad SMARTS) is 1. The summed E-state index contributed by atoms with van der Waals surface area (Å²) in [7, 11) is 0. The molecule has 2 aromatic carbocycles. The summed E-state index contributed by atoms with van der Waals surface area (Å²) in [6, 6.07) is 12.7. The van der Waals surface area contributed by atoms with Crippen LogP contribution in [0.1, 0.15) is 38.8 Å². The first-order chi connectivity index (χ1) is 12.2. The van der Waals surface area contributed by atoms with Gasteiger partial charge >= 0.3 is 12.1 Å². The van der Waals surface area contributed by atoms with Gasteiger partial charge in [-0.05, 0) is 56.0 Å². The van der Waals surface area contributed by atoms with E-state index in [1.54, 1.807) is 26.8 Å². The van der Waals surface area contributed by atoms with Crippen molar-refractivity contribution in [2.45, 2.75) is 45.8 Å². The molecule has 0 bridgehead atoms. The van der Waals surface area contributed by atoms with Crippen LogP contribution in [0.5, 0.6) is 0 Å². The summed E-state index contributed by atoms with van der Waals surface area (Å²) in [5.41, 5.74) is 4.15. The Morgan fingerprint density at radius 3 is 2.38 bits per heavy atom. The first kappa shape index (κ1) is 18.0. The SMILES string of the molecule is C[C@@H](C(=O)O)N(C(=O)OC(C)(C)C)c1cccc2c1Cc1ccccc1-2. The number of ether oxygens (including phenoxy) is 1. The minimum atomic E-state index is -1.08. The predicted octanol–water partition coefficient (Wildman–Crippen LogP) is 4.47. The van der Waals surface area contributed by atoms with E-state index in [0.29, 0.717) is 12.1 Å². The zero-order valence-electron chi connectivity index (χ0n) is 15.4. The maximum absolute atomic E-state index is 12.8. The van der Waals surface area contributed by atoms with Gasteiger partial charge in [0.25, 0.3) is 0 Å². The molecule has 0 fully saturated rings. The Balaban J connectivity index is 2.09. The molecule has 0 saturated heterocycles. The van der Waals surface area contributed by atoms with Gasteiger partial charge in [0.2, 0.25) is 0 Å². The summed E-state index contributed by atoms with van der Waals surface area (Å²) in [5, 5.41) is 9.53. The summed E-state index contributed by atoms with van der Waals surface area (Å²) in [6.07, 6.45) is 0.00426. The Labute approximate surface area is 153 Å². The average molecular weight is 353 g/mol. The normalized spacial score (nSPS) is 13.5. The van der Waals surface area contributed by atoms with Crippen molar-refractivity contribution >= 4 is 17.7 Å². The maximum Gasteiger partial charge on any atom is 0.415 e. The third-order valence-electron chi connectivity index (χ3n) is 4.42. The molecule has 0 saturated carbocycles. The van der Waals surface area contributed by atoms with Gasteiger partial charge in [0, 0.05) is 6.42 Å². The standard InChI is InChI=1S/C21H23NO4/c1-13(19(23)24)22(20(25)26-21(2,3)4)18-11-7-10-16-15-9-6-5-8-14(15)12-17(16)18/h5-11,13H,12H2,1-4H3,(H,23,24)/t13-/m0/s1. The number of rotatable bonds is 3. The molecular weight excluding hydrogens is 330 g/mol. The highest BCUT2D eigenvalue weighted by Gasteiger charge is 2.34. The number of carbonyl (C=O) groups is 2. The van der Waals surface area contributed by atoms with Crippen LogP contribution in [0, 0.1) is 0 Å². The molecule has 26 heavy (non-hydrogen) atoms. The second kappa shape index (κ2) is 6.48. The van der Waals surface area contributed by atoms with Crippen molar-refractivity contribution in [3.05, 3.63) is 53.6 Å². The molecule has 1 atom stereocenters. The molecule has 0 aromatic heterocycles. The van der Waals surface area contributed by atoms with E-state index in [-0.39, 0.29) is 0 Å². The van der Waals surface area contributed by atoms with Crippen LogP contribution in [0.2, 0.25) is 0 Å². The Morgan fingerprint density at radius 2 is 1.73 bits per heavy atom. The summed E-state index contributed by atoms with van der Waals surface area (Å²) in [4.78, 5) is 25.7. The zero-order valence-corrected chi connectivity index (χ0v) is 15.4. The first-order valence-electron chi connectivity index (χ1n) is 8.64. The van der Waals surface area contributed by atoms with E-state index >= 15 is 0 Å². The van der Waals surface area contributed by atoms with Gasteiger partial charge < -0.3 is 9.84 Å². The number of aliphatic carboxylic acids is 1. The fourth-order valence-corrected chi connectivity index (χ4v) is 3.25. The van der Waals surface area contributed by atoms with Crippen LogP contribution < -0.4 is 4.90 Å². The molecule has 1 amide bonds. The van der Waals surface area contributed by atoms with Gasteiger partial charge in [-0.3, -0.25) is 4.90 Å². The number of nitrogens with zero attached hydrogens (tertiary/aromatic N) is 1. The molecule has 1 aliphatic rings. The number of carboxylic acids is 1. The van der Waals surface area contributed by atoms with E-state index in [1.807, 2.05) is 30.3 Å². The number of amides is 1. The molecule has 0 radical (unpaired) electrons. The van der Waals surface area contributed by atoms with Crippen LogP contribution in [0.25, 0.3) is 11.1 Å². The minimum Gasteiger partial charge on any atom is -0.480 e. The first-order valence-corrected chi connectivity index (χ1v) is 8.64. The van der Waals surface area contributed by atoms with Crippen molar-refractivity contribution in [2.24, 2.45) is 0 Å². The van der Waals surface area contributed by atoms with E-state index in [1.165, 1.54) is 17.4 Å². The van der Waals surface area contributed by atoms with E-state index < -0.39 is 23.7 Å². The zero-order chi connectivity index (χ0) is 19.1. The molecule has 1 N–H and O–H groups in total. The molecule has 0 unspecified atom stereocenters. The Bertz CT molecular complexity index is 867. The van der Waals surface area contributed by atoms with Gasteiger partial charge in [-0.1, -0.05) is 36.4 Å². The number of carbonyl (C=O) groups excluding carboxylic acids is 1. The van der Waals surface area contributed by atoms with Gasteiger partial charge in [0.15, 0.2) is 0 Å². The monoisotopic (exact) mass is 353 g/mol. The molecule has 2 aromatic rings. The van der Waals surface area contributed by atoms with Crippen molar-refractivity contribution < 1.29 is 19.4 Å². The average Bonchev–Trinajstić information content (AvgIpc) is 2.93. The smallest absolute Gasteiger partial charge is 0.415 e. The highest BCUT2D eigenvalue weighted by atomic mass is 16.6. The topological polar surface area (TPSA) is 66.8 Å². The molecule has 1 aliphatic carbocycles. The van der Waals surface area contributed by atoms with Crippen LogP contribution in [0.3, 0.4) is 0 Å². The summed E-state index contributed by atoms with van der Waals surface area (Å²) in [5.74, 6) is -1.08. The van der Waals surface area contributed by atoms with Gasteiger partial charge in [-0.2, -0.15) is 0 Å². The Morgan fingerprint density at radius 1 is 1.08 bits per heavy atom. The molecule has 5 nitrogen and oxygen atoms in total.